The van der Waals surface area contributed by atoms with Crippen LogP contribution in [0.15, 0.2) is 24.3 Å². The second kappa shape index (κ2) is 6.07. The van der Waals surface area contributed by atoms with Crippen molar-refractivity contribution in [2.75, 3.05) is 11.5 Å². The summed E-state index contributed by atoms with van der Waals surface area (Å²) in [7, 11) is -2.82. The highest BCUT2D eigenvalue weighted by atomic mass is 32.2. The third-order valence-corrected chi connectivity index (χ3v) is 6.85. The Balaban J connectivity index is 1.77. The van der Waals surface area contributed by atoms with E-state index in [1.807, 2.05) is 6.07 Å². The van der Waals surface area contributed by atoms with Crippen LogP contribution in [-0.4, -0.2) is 19.9 Å². The molecule has 0 spiro atoms. The third-order valence-electron chi connectivity index (χ3n) is 5.01. The molecule has 2 aliphatic rings. The molecule has 1 aliphatic carbocycles. The summed E-state index contributed by atoms with van der Waals surface area (Å²) in [5.74, 6) is 7.31. The standard InChI is InChI=1S/C16H24N2O2S/c17-18-16(10-12-8-9-21(19,20)11-12)15-7-2-1-6-14(15)13-4-3-5-13/h1-2,6-7,12-13,16,18H,3-5,8-11,17H2. The normalized spacial score (nSPS) is 26.4. The zero-order valence-corrected chi connectivity index (χ0v) is 13.1. The molecule has 3 rings (SSSR count). The Morgan fingerprint density at radius 3 is 2.57 bits per heavy atom. The smallest absolute Gasteiger partial charge is 0.150 e. The number of hydrazine groups is 1. The highest BCUT2D eigenvalue weighted by molar-refractivity contribution is 7.91. The number of nitrogens with two attached hydrogens (primary N) is 1. The van der Waals surface area contributed by atoms with E-state index in [0.29, 0.717) is 17.4 Å². The fourth-order valence-electron chi connectivity index (χ4n) is 3.60. The Morgan fingerprint density at radius 2 is 2.00 bits per heavy atom. The van der Waals surface area contributed by atoms with Crippen molar-refractivity contribution in [3.8, 4) is 0 Å². The maximum atomic E-state index is 11.6. The van der Waals surface area contributed by atoms with Crippen LogP contribution >= 0.6 is 0 Å². The number of nitrogens with one attached hydrogen (secondary N) is 1. The van der Waals surface area contributed by atoms with E-state index in [4.69, 9.17) is 5.84 Å². The predicted octanol–water partition coefficient (Wildman–Crippen LogP) is 2.28. The van der Waals surface area contributed by atoms with E-state index in [0.717, 1.165) is 12.8 Å². The first-order chi connectivity index (χ1) is 10.1. The van der Waals surface area contributed by atoms with Crippen LogP contribution in [0.4, 0.5) is 0 Å². The van der Waals surface area contributed by atoms with Crippen molar-refractivity contribution < 1.29 is 8.42 Å². The van der Waals surface area contributed by atoms with Gasteiger partial charge in [0.25, 0.3) is 0 Å². The minimum atomic E-state index is -2.82. The van der Waals surface area contributed by atoms with Crippen molar-refractivity contribution in [1.82, 2.24) is 5.43 Å². The van der Waals surface area contributed by atoms with Crippen LogP contribution in [0, 0.1) is 5.92 Å². The Kier molecular flexibility index (Phi) is 4.33. The molecule has 0 aromatic heterocycles. The highest BCUT2D eigenvalue weighted by Gasteiger charge is 2.31. The first-order valence-corrected chi connectivity index (χ1v) is 9.66. The second-order valence-electron chi connectivity index (χ2n) is 6.48. The Bertz CT molecular complexity index is 596. The lowest BCUT2D eigenvalue weighted by atomic mass is 9.76. The van der Waals surface area contributed by atoms with E-state index in [-0.39, 0.29) is 12.0 Å². The number of hydrogen-bond donors (Lipinski definition) is 2. The summed E-state index contributed by atoms with van der Waals surface area (Å²) in [4.78, 5) is 0. The number of sulfone groups is 1. The molecule has 0 amide bonds. The van der Waals surface area contributed by atoms with Crippen LogP contribution in [0.5, 0.6) is 0 Å². The molecule has 2 atom stereocenters. The molecule has 0 bridgehead atoms. The lowest BCUT2D eigenvalue weighted by Crippen LogP contribution is -2.31. The van der Waals surface area contributed by atoms with Gasteiger partial charge in [-0.2, -0.15) is 0 Å². The van der Waals surface area contributed by atoms with Gasteiger partial charge >= 0.3 is 0 Å². The number of hydrogen-bond acceptors (Lipinski definition) is 4. The summed E-state index contributed by atoms with van der Waals surface area (Å²) < 4.78 is 23.3. The number of rotatable bonds is 5. The zero-order chi connectivity index (χ0) is 14.9. The van der Waals surface area contributed by atoms with Gasteiger partial charge in [0.15, 0.2) is 9.84 Å². The lowest BCUT2D eigenvalue weighted by Gasteiger charge is -2.31. The highest BCUT2D eigenvalue weighted by Crippen LogP contribution is 2.40. The zero-order valence-electron chi connectivity index (χ0n) is 12.3. The fraction of sp³-hybridized carbons (Fsp3) is 0.625. The molecule has 5 heteroatoms. The van der Waals surface area contributed by atoms with Gasteiger partial charge in [0, 0.05) is 6.04 Å². The Hall–Kier alpha value is -0.910. The van der Waals surface area contributed by atoms with Crippen LogP contribution in [0.25, 0.3) is 0 Å². The first-order valence-electron chi connectivity index (χ1n) is 7.84. The van der Waals surface area contributed by atoms with Crippen molar-refractivity contribution >= 4 is 9.84 Å². The largest absolute Gasteiger partial charge is 0.271 e. The second-order valence-corrected chi connectivity index (χ2v) is 8.71. The van der Waals surface area contributed by atoms with Crippen LogP contribution in [0.3, 0.4) is 0 Å². The average Bonchev–Trinajstić information content (AvgIpc) is 2.74. The van der Waals surface area contributed by atoms with E-state index >= 15 is 0 Å². The first kappa shape index (κ1) is 15.0. The van der Waals surface area contributed by atoms with Crippen molar-refractivity contribution in [2.45, 2.75) is 44.1 Å². The molecule has 1 saturated heterocycles. The van der Waals surface area contributed by atoms with E-state index in [1.54, 1.807) is 0 Å². The minimum Gasteiger partial charge on any atom is -0.271 e. The van der Waals surface area contributed by atoms with Gasteiger partial charge in [-0.25, -0.2) is 8.42 Å². The third kappa shape index (κ3) is 3.30. The SMILES string of the molecule is NNC(CC1CCS(=O)(=O)C1)c1ccccc1C1CCC1. The molecule has 21 heavy (non-hydrogen) atoms. The van der Waals surface area contributed by atoms with Gasteiger partial charge in [0.1, 0.15) is 0 Å². The predicted molar refractivity (Wildman–Crippen MR) is 84.5 cm³/mol. The van der Waals surface area contributed by atoms with Crippen molar-refractivity contribution in [1.29, 1.82) is 0 Å². The Labute approximate surface area is 127 Å². The van der Waals surface area contributed by atoms with Crippen LogP contribution in [0.1, 0.15) is 55.2 Å². The van der Waals surface area contributed by atoms with Gasteiger partial charge in [-0.3, -0.25) is 11.3 Å². The van der Waals surface area contributed by atoms with E-state index in [2.05, 4.69) is 23.6 Å². The summed E-state index contributed by atoms with van der Waals surface area (Å²) in [6.45, 7) is 0. The minimum absolute atomic E-state index is 0.0556. The molecule has 116 valence electrons. The molecular formula is C16H24N2O2S. The molecule has 2 unspecified atom stereocenters. The summed E-state index contributed by atoms with van der Waals surface area (Å²) in [5.41, 5.74) is 5.58. The van der Waals surface area contributed by atoms with E-state index < -0.39 is 9.84 Å². The van der Waals surface area contributed by atoms with E-state index in [1.165, 1.54) is 30.4 Å². The van der Waals surface area contributed by atoms with Crippen molar-refractivity contribution in [3.63, 3.8) is 0 Å². The Morgan fingerprint density at radius 1 is 1.24 bits per heavy atom. The van der Waals surface area contributed by atoms with Gasteiger partial charge in [0.2, 0.25) is 0 Å². The van der Waals surface area contributed by atoms with Gasteiger partial charge < -0.3 is 0 Å². The topological polar surface area (TPSA) is 72.2 Å². The molecular weight excluding hydrogens is 284 g/mol. The molecule has 2 fully saturated rings. The summed E-state index contributed by atoms with van der Waals surface area (Å²) in [5, 5.41) is 0. The van der Waals surface area contributed by atoms with E-state index in [9.17, 15) is 8.42 Å². The average molecular weight is 308 g/mol. The fourth-order valence-corrected chi connectivity index (χ4v) is 5.48. The molecule has 4 nitrogen and oxygen atoms in total. The van der Waals surface area contributed by atoms with Gasteiger partial charge in [-0.05, 0) is 48.6 Å². The molecule has 1 aromatic rings. The van der Waals surface area contributed by atoms with Crippen LogP contribution < -0.4 is 11.3 Å². The van der Waals surface area contributed by atoms with Gasteiger partial charge in [0.05, 0.1) is 11.5 Å². The quantitative estimate of drug-likeness (QED) is 0.646. The molecule has 0 radical (unpaired) electrons. The maximum absolute atomic E-state index is 11.6. The lowest BCUT2D eigenvalue weighted by molar-refractivity contribution is 0.392. The van der Waals surface area contributed by atoms with Crippen molar-refractivity contribution in [2.24, 2.45) is 11.8 Å². The molecule has 1 aromatic carbocycles. The molecule has 1 aliphatic heterocycles. The molecule has 1 saturated carbocycles. The van der Waals surface area contributed by atoms with Gasteiger partial charge in [-0.15, -0.1) is 0 Å². The van der Waals surface area contributed by atoms with Gasteiger partial charge in [-0.1, -0.05) is 30.7 Å². The van der Waals surface area contributed by atoms with Crippen LogP contribution in [-0.2, 0) is 9.84 Å². The summed E-state index contributed by atoms with van der Waals surface area (Å²) >= 11 is 0. The molecule has 3 N–H and O–H groups in total. The summed E-state index contributed by atoms with van der Waals surface area (Å²) in [6.07, 6.45) is 5.39. The monoisotopic (exact) mass is 308 g/mol. The molecule has 1 heterocycles. The maximum Gasteiger partial charge on any atom is 0.150 e. The summed E-state index contributed by atoms with van der Waals surface area (Å²) in [6, 6.07) is 8.54. The number of benzene rings is 1. The van der Waals surface area contributed by atoms with Crippen molar-refractivity contribution in [3.05, 3.63) is 35.4 Å². The van der Waals surface area contributed by atoms with Crippen LogP contribution in [0.2, 0.25) is 0 Å².